The van der Waals surface area contributed by atoms with Gasteiger partial charge in [-0.05, 0) is 18.2 Å². The van der Waals surface area contributed by atoms with Crippen molar-refractivity contribution in [1.29, 1.82) is 0 Å². The van der Waals surface area contributed by atoms with Gasteiger partial charge in [-0.25, -0.2) is 4.39 Å². The highest BCUT2D eigenvalue weighted by molar-refractivity contribution is 6.33. The normalized spacial score (nSPS) is 10.9. The summed E-state index contributed by atoms with van der Waals surface area (Å²) >= 11 is 5.95. The van der Waals surface area contributed by atoms with Gasteiger partial charge in [0.25, 0.3) is 0 Å². The molecule has 0 fully saturated rings. The Hall–Kier alpha value is -1.67. The first-order valence-corrected chi connectivity index (χ1v) is 5.18. The van der Waals surface area contributed by atoms with Crippen LogP contribution in [0.4, 0.5) is 10.1 Å². The van der Waals surface area contributed by atoms with Crippen molar-refractivity contribution in [2.24, 2.45) is 4.99 Å². The van der Waals surface area contributed by atoms with Crippen LogP contribution in [0.2, 0.25) is 5.02 Å². The molecule has 0 unspecified atom stereocenters. The second-order valence-corrected chi connectivity index (χ2v) is 3.64. The first-order valence-electron chi connectivity index (χ1n) is 4.80. The first-order chi connectivity index (χ1) is 7.77. The summed E-state index contributed by atoms with van der Waals surface area (Å²) in [5.41, 5.74) is 1.08. The lowest BCUT2D eigenvalue weighted by molar-refractivity contribution is 0.630. The van der Waals surface area contributed by atoms with Gasteiger partial charge in [0.15, 0.2) is 0 Å². The maximum atomic E-state index is 13.2. The van der Waals surface area contributed by atoms with E-state index in [0.29, 0.717) is 10.7 Å². The van der Waals surface area contributed by atoms with E-state index in [1.54, 1.807) is 30.5 Å². The molecule has 2 aromatic rings. The Morgan fingerprint density at radius 1 is 1.00 bits per heavy atom. The molecule has 0 radical (unpaired) electrons. The topological polar surface area (TPSA) is 12.4 Å². The van der Waals surface area contributed by atoms with Crippen LogP contribution < -0.4 is 0 Å². The molecule has 0 aliphatic carbocycles. The smallest absolute Gasteiger partial charge is 0.148 e. The average molecular weight is 234 g/mol. The quantitative estimate of drug-likeness (QED) is 0.689. The summed E-state index contributed by atoms with van der Waals surface area (Å²) in [5, 5.41) is 0.600. The Labute approximate surface area is 98.2 Å². The molecule has 80 valence electrons. The minimum absolute atomic E-state index is 0.308. The zero-order chi connectivity index (χ0) is 11.4. The van der Waals surface area contributed by atoms with E-state index in [1.165, 1.54) is 6.07 Å². The summed E-state index contributed by atoms with van der Waals surface area (Å²) < 4.78 is 13.2. The highest BCUT2D eigenvalue weighted by atomic mass is 35.5. The van der Waals surface area contributed by atoms with Crippen LogP contribution in [0.5, 0.6) is 0 Å². The van der Waals surface area contributed by atoms with Gasteiger partial charge in [-0.3, -0.25) is 4.99 Å². The Kier molecular flexibility index (Phi) is 3.32. The molecule has 0 bridgehead atoms. The van der Waals surface area contributed by atoms with Gasteiger partial charge in [0, 0.05) is 16.8 Å². The van der Waals surface area contributed by atoms with Crippen molar-refractivity contribution >= 4 is 23.5 Å². The van der Waals surface area contributed by atoms with Crippen molar-refractivity contribution in [2.75, 3.05) is 0 Å². The van der Waals surface area contributed by atoms with Gasteiger partial charge in [-0.1, -0.05) is 41.9 Å². The Balaban J connectivity index is 2.29. The summed E-state index contributed by atoms with van der Waals surface area (Å²) in [7, 11) is 0. The SMILES string of the molecule is Fc1ccccc1/N=C/c1ccccc1Cl. The molecule has 2 aromatic carbocycles. The van der Waals surface area contributed by atoms with Gasteiger partial charge in [-0.2, -0.15) is 0 Å². The second-order valence-electron chi connectivity index (χ2n) is 3.23. The summed E-state index contributed by atoms with van der Waals surface area (Å²) in [6.07, 6.45) is 1.56. The van der Waals surface area contributed by atoms with Crippen LogP contribution in [0, 0.1) is 5.82 Å². The molecule has 0 aliphatic heterocycles. The van der Waals surface area contributed by atoms with E-state index in [0.717, 1.165) is 5.56 Å². The van der Waals surface area contributed by atoms with E-state index >= 15 is 0 Å². The second kappa shape index (κ2) is 4.90. The predicted molar refractivity (Wildman–Crippen MR) is 65.1 cm³/mol. The van der Waals surface area contributed by atoms with E-state index in [2.05, 4.69) is 4.99 Å². The molecular formula is C13H9ClFN. The van der Waals surface area contributed by atoms with Crippen LogP contribution in [0.15, 0.2) is 53.5 Å². The van der Waals surface area contributed by atoms with E-state index < -0.39 is 0 Å². The molecule has 3 heteroatoms. The summed E-state index contributed by atoms with van der Waals surface area (Å²) in [6.45, 7) is 0. The van der Waals surface area contributed by atoms with Gasteiger partial charge >= 0.3 is 0 Å². The maximum absolute atomic E-state index is 13.2. The summed E-state index contributed by atoms with van der Waals surface area (Å²) in [5.74, 6) is -0.342. The molecule has 0 saturated carbocycles. The molecule has 0 atom stereocenters. The lowest BCUT2D eigenvalue weighted by atomic mass is 10.2. The van der Waals surface area contributed by atoms with E-state index in [9.17, 15) is 4.39 Å². The predicted octanol–water partition coefficient (Wildman–Crippen LogP) is 4.23. The third-order valence-electron chi connectivity index (χ3n) is 2.10. The fraction of sp³-hybridized carbons (Fsp3) is 0. The standard InChI is InChI=1S/C13H9ClFN/c14-11-6-2-1-5-10(11)9-16-13-8-4-3-7-12(13)15/h1-9H/b16-9+. The lowest BCUT2D eigenvalue weighted by Gasteiger charge is -1.97. The molecule has 0 heterocycles. The van der Waals surface area contributed by atoms with Crippen molar-refractivity contribution in [1.82, 2.24) is 0 Å². The number of benzene rings is 2. The number of hydrogen-bond acceptors (Lipinski definition) is 1. The van der Waals surface area contributed by atoms with Gasteiger partial charge in [-0.15, -0.1) is 0 Å². The highest BCUT2D eigenvalue weighted by Crippen LogP contribution is 2.18. The monoisotopic (exact) mass is 233 g/mol. The number of rotatable bonds is 2. The van der Waals surface area contributed by atoms with E-state index in [1.807, 2.05) is 18.2 Å². The van der Waals surface area contributed by atoms with Crippen LogP contribution in [-0.2, 0) is 0 Å². The lowest BCUT2D eigenvalue weighted by Crippen LogP contribution is -1.82. The summed E-state index contributed by atoms with van der Waals surface area (Å²) in [4.78, 5) is 4.05. The van der Waals surface area contributed by atoms with Crippen molar-refractivity contribution in [2.45, 2.75) is 0 Å². The van der Waals surface area contributed by atoms with Gasteiger partial charge in [0.05, 0.1) is 5.69 Å². The number of hydrogen-bond donors (Lipinski definition) is 0. The summed E-state index contributed by atoms with van der Waals surface area (Å²) in [6, 6.07) is 13.6. The van der Waals surface area contributed by atoms with Crippen LogP contribution in [-0.4, -0.2) is 6.21 Å². The third kappa shape index (κ3) is 2.47. The van der Waals surface area contributed by atoms with Crippen LogP contribution in [0.3, 0.4) is 0 Å². The Morgan fingerprint density at radius 2 is 1.69 bits per heavy atom. The number of para-hydroxylation sites is 1. The molecule has 0 aliphatic rings. The van der Waals surface area contributed by atoms with Crippen LogP contribution >= 0.6 is 11.6 Å². The molecular weight excluding hydrogens is 225 g/mol. The minimum Gasteiger partial charge on any atom is -0.253 e. The average Bonchev–Trinajstić information content (AvgIpc) is 2.30. The number of nitrogens with zero attached hydrogens (tertiary/aromatic N) is 1. The van der Waals surface area contributed by atoms with E-state index in [4.69, 9.17) is 11.6 Å². The molecule has 2 rings (SSSR count). The van der Waals surface area contributed by atoms with Crippen molar-refractivity contribution < 1.29 is 4.39 Å². The molecule has 1 nitrogen and oxygen atoms in total. The van der Waals surface area contributed by atoms with Crippen molar-refractivity contribution in [3.8, 4) is 0 Å². The zero-order valence-corrected chi connectivity index (χ0v) is 9.16. The zero-order valence-electron chi connectivity index (χ0n) is 8.40. The van der Waals surface area contributed by atoms with Crippen molar-refractivity contribution in [3.63, 3.8) is 0 Å². The fourth-order valence-electron chi connectivity index (χ4n) is 1.28. The number of aliphatic imine (C=N–C) groups is 1. The minimum atomic E-state index is -0.342. The largest absolute Gasteiger partial charge is 0.253 e. The molecule has 0 aromatic heterocycles. The molecule has 0 amide bonds. The molecule has 0 saturated heterocycles. The molecule has 16 heavy (non-hydrogen) atoms. The maximum Gasteiger partial charge on any atom is 0.148 e. The first kappa shape index (κ1) is 10.8. The number of halogens is 2. The molecule has 0 N–H and O–H groups in total. The van der Waals surface area contributed by atoms with Gasteiger partial charge in [0.2, 0.25) is 0 Å². The fourth-order valence-corrected chi connectivity index (χ4v) is 1.46. The van der Waals surface area contributed by atoms with Crippen LogP contribution in [0.1, 0.15) is 5.56 Å². The molecule has 0 spiro atoms. The van der Waals surface area contributed by atoms with Crippen LogP contribution in [0.25, 0.3) is 0 Å². The Morgan fingerprint density at radius 3 is 2.44 bits per heavy atom. The van der Waals surface area contributed by atoms with Gasteiger partial charge < -0.3 is 0 Å². The third-order valence-corrected chi connectivity index (χ3v) is 2.44. The Bertz CT molecular complexity index is 475. The van der Waals surface area contributed by atoms with Gasteiger partial charge in [0.1, 0.15) is 5.82 Å². The highest BCUT2D eigenvalue weighted by Gasteiger charge is 1.98. The van der Waals surface area contributed by atoms with Crippen molar-refractivity contribution in [3.05, 3.63) is 64.9 Å². The van der Waals surface area contributed by atoms with E-state index in [-0.39, 0.29) is 5.82 Å².